The van der Waals surface area contributed by atoms with Crippen LogP contribution in [0.25, 0.3) is 0 Å². The number of amides is 3. The van der Waals surface area contributed by atoms with Crippen LogP contribution in [0.3, 0.4) is 0 Å². The maximum atomic E-state index is 13.4. The van der Waals surface area contributed by atoms with Crippen molar-refractivity contribution in [2.45, 2.75) is 51.7 Å². The minimum absolute atomic E-state index is 0.00634. The normalized spacial score (nSPS) is 20.3. The highest BCUT2D eigenvalue weighted by atomic mass is 16.5. The number of carbonyl (C=O) groups is 2. The van der Waals surface area contributed by atoms with Gasteiger partial charge in [-0.05, 0) is 55.4 Å². The summed E-state index contributed by atoms with van der Waals surface area (Å²) in [7, 11) is 0. The summed E-state index contributed by atoms with van der Waals surface area (Å²) in [6.07, 6.45) is 4.35. The van der Waals surface area contributed by atoms with Gasteiger partial charge < -0.3 is 15.0 Å². The van der Waals surface area contributed by atoms with Gasteiger partial charge in [0, 0.05) is 45.2 Å². The Morgan fingerprint density at radius 1 is 1.00 bits per heavy atom. The number of anilines is 1. The second kappa shape index (κ2) is 11.3. The molecule has 3 amide bonds. The van der Waals surface area contributed by atoms with Crippen molar-refractivity contribution in [3.63, 3.8) is 0 Å². The van der Waals surface area contributed by atoms with Gasteiger partial charge in [-0.3, -0.25) is 14.6 Å². The van der Waals surface area contributed by atoms with Gasteiger partial charge in [0.2, 0.25) is 5.91 Å². The monoisotopic (exact) mass is 490 g/mol. The van der Waals surface area contributed by atoms with E-state index in [1.165, 1.54) is 11.1 Å². The van der Waals surface area contributed by atoms with Crippen LogP contribution in [0, 0.1) is 5.92 Å². The largest absolute Gasteiger partial charge is 0.486 e. The van der Waals surface area contributed by atoms with E-state index in [4.69, 9.17) is 4.74 Å². The first-order valence-corrected chi connectivity index (χ1v) is 13.5. The summed E-state index contributed by atoms with van der Waals surface area (Å²) in [6, 6.07) is 16.5. The molecular weight excluding hydrogens is 452 g/mol. The molecular formula is C29H38N4O3. The van der Waals surface area contributed by atoms with Gasteiger partial charge in [0.05, 0.1) is 12.2 Å². The summed E-state index contributed by atoms with van der Waals surface area (Å²) in [6.45, 7) is 7.67. The maximum Gasteiger partial charge on any atom is 0.324 e. The number of nitrogens with zero attached hydrogens (tertiary/aromatic N) is 3. The topological polar surface area (TPSA) is 65.1 Å². The summed E-state index contributed by atoms with van der Waals surface area (Å²) in [4.78, 5) is 32.4. The number of likely N-dealkylation sites (tertiary alicyclic amines) is 1. The van der Waals surface area contributed by atoms with Crippen LogP contribution in [0.15, 0.2) is 48.5 Å². The maximum absolute atomic E-state index is 13.4. The van der Waals surface area contributed by atoms with E-state index in [1.807, 2.05) is 34.1 Å². The summed E-state index contributed by atoms with van der Waals surface area (Å²) in [5.74, 6) is 0.886. The van der Waals surface area contributed by atoms with Crippen LogP contribution >= 0.6 is 0 Å². The number of urea groups is 1. The van der Waals surface area contributed by atoms with Gasteiger partial charge in [0.1, 0.15) is 11.9 Å². The second-order valence-corrected chi connectivity index (χ2v) is 10.2. The van der Waals surface area contributed by atoms with Crippen LogP contribution in [0.2, 0.25) is 0 Å². The van der Waals surface area contributed by atoms with Crippen LogP contribution in [-0.4, -0.2) is 67.1 Å². The third kappa shape index (κ3) is 5.51. The zero-order valence-electron chi connectivity index (χ0n) is 21.3. The van der Waals surface area contributed by atoms with Crippen molar-refractivity contribution in [3.8, 4) is 5.75 Å². The molecule has 0 unspecified atom stereocenters. The van der Waals surface area contributed by atoms with Crippen LogP contribution in [0.1, 0.15) is 43.7 Å². The number of nitrogens with one attached hydrogen (secondary N) is 1. The molecule has 3 aliphatic rings. The minimum Gasteiger partial charge on any atom is -0.486 e. The van der Waals surface area contributed by atoms with Crippen LogP contribution < -0.4 is 15.0 Å². The molecule has 7 heteroatoms. The molecule has 2 aromatic carbocycles. The van der Waals surface area contributed by atoms with E-state index in [0.717, 1.165) is 50.3 Å². The van der Waals surface area contributed by atoms with E-state index >= 15 is 0 Å². The number of benzene rings is 2. The SMILES string of the molecule is CC[C@H]1CN(C(=O)N2CCC(C(=O)NCCCN3CCc4ccccc4C3)CC2)c2ccccc2O1. The Kier molecular flexibility index (Phi) is 7.75. The first-order chi connectivity index (χ1) is 17.6. The number of ether oxygens (including phenoxy) is 1. The zero-order chi connectivity index (χ0) is 24.9. The Balaban J connectivity index is 1.05. The molecule has 0 radical (unpaired) electrons. The van der Waals surface area contributed by atoms with Gasteiger partial charge in [-0.2, -0.15) is 0 Å². The van der Waals surface area contributed by atoms with E-state index in [0.29, 0.717) is 39.0 Å². The smallest absolute Gasteiger partial charge is 0.324 e. The van der Waals surface area contributed by atoms with Crippen molar-refractivity contribution >= 4 is 17.6 Å². The van der Waals surface area contributed by atoms with Crippen LogP contribution in [0.5, 0.6) is 5.75 Å². The molecule has 0 saturated carbocycles. The minimum atomic E-state index is -0.0173. The highest BCUT2D eigenvalue weighted by Crippen LogP contribution is 2.35. The average molecular weight is 491 g/mol. The van der Waals surface area contributed by atoms with Crippen molar-refractivity contribution in [2.75, 3.05) is 44.2 Å². The molecule has 3 heterocycles. The van der Waals surface area contributed by atoms with E-state index in [9.17, 15) is 9.59 Å². The van der Waals surface area contributed by atoms with Crippen molar-refractivity contribution in [3.05, 3.63) is 59.7 Å². The predicted octanol–water partition coefficient (Wildman–Crippen LogP) is 4.06. The molecule has 1 N–H and O–H groups in total. The molecule has 1 saturated heterocycles. The summed E-state index contributed by atoms with van der Waals surface area (Å²) >= 11 is 0. The lowest BCUT2D eigenvalue weighted by Gasteiger charge is -2.39. The quantitative estimate of drug-likeness (QED) is 0.621. The number of hydrogen-bond acceptors (Lipinski definition) is 4. The van der Waals surface area contributed by atoms with E-state index < -0.39 is 0 Å². The number of piperidine rings is 1. The predicted molar refractivity (Wildman–Crippen MR) is 141 cm³/mol. The van der Waals surface area contributed by atoms with Gasteiger partial charge in [0.15, 0.2) is 0 Å². The van der Waals surface area contributed by atoms with E-state index in [-0.39, 0.29) is 24.0 Å². The Morgan fingerprint density at radius 2 is 1.75 bits per heavy atom. The zero-order valence-corrected chi connectivity index (χ0v) is 21.3. The molecule has 0 aliphatic carbocycles. The van der Waals surface area contributed by atoms with Crippen molar-refractivity contribution in [2.24, 2.45) is 5.92 Å². The van der Waals surface area contributed by atoms with Gasteiger partial charge in [-0.15, -0.1) is 0 Å². The Labute approximate surface area is 214 Å². The molecule has 2 aromatic rings. The summed E-state index contributed by atoms with van der Waals surface area (Å²) < 4.78 is 6.03. The molecule has 0 spiro atoms. The number of fused-ring (bicyclic) bond motifs is 2. The highest BCUT2D eigenvalue weighted by molar-refractivity contribution is 5.94. The lowest BCUT2D eigenvalue weighted by atomic mass is 9.96. The second-order valence-electron chi connectivity index (χ2n) is 10.2. The molecule has 36 heavy (non-hydrogen) atoms. The average Bonchev–Trinajstić information content (AvgIpc) is 2.94. The third-order valence-electron chi connectivity index (χ3n) is 7.82. The van der Waals surface area contributed by atoms with Crippen LogP contribution in [-0.2, 0) is 17.8 Å². The molecule has 7 nitrogen and oxygen atoms in total. The molecule has 1 fully saturated rings. The number of para-hydroxylation sites is 2. The lowest BCUT2D eigenvalue weighted by Crippen LogP contribution is -2.52. The standard InChI is InChI=1S/C29H38N4O3/c1-2-25-21-33(26-10-5-6-11-27(26)36-25)29(35)32-18-13-23(14-19-32)28(34)30-15-7-16-31-17-12-22-8-3-4-9-24(22)20-31/h3-6,8-11,23,25H,2,7,12-21H2,1H3,(H,30,34)/t25-/m0/s1. The molecule has 5 rings (SSSR count). The lowest BCUT2D eigenvalue weighted by molar-refractivity contribution is -0.126. The van der Waals surface area contributed by atoms with Crippen molar-refractivity contribution in [1.82, 2.24) is 15.1 Å². The molecule has 1 atom stereocenters. The summed E-state index contributed by atoms with van der Waals surface area (Å²) in [5.41, 5.74) is 3.74. The van der Waals surface area contributed by atoms with Gasteiger partial charge in [-0.1, -0.05) is 43.3 Å². The fourth-order valence-corrected chi connectivity index (χ4v) is 5.60. The Morgan fingerprint density at radius 3 is 2.56 bits per heavy atom. The van der Waals surface area contributed by atoms with Gasteiger partial charge in [0.25, 0.3) is 0 Å². The fraction of sp³-hybridized carbons (Fsp3) is 0.517. The number of rotatable bonds is 6. The number of hydrogen-bond donors (Lipinski definition) is 1. The fourth-order valence-electron chi connectivity index (χ4n) is 5.60. The molecule has 192 valence electrons. The van der Waals surface area contributed by atoms with Crippen LogP contribution in [0.4, 0.5) is 10.5 Å². The molecule has 3 aliphatic heterocycles. The number of carbonyl (C=O) groups excluding carboxylic acids is 2. The molecule has 0 aromatic heterocycles. The Hall–Kier alpha value is -3.06. The Bertz CT molecular complexity index is 1070. The molecule has 0 bridgehead atoms. The third-order valence-corrected chi connectivity index (χ3v) is 7.82. The summed E-state index contributed by atoms with van der Waals surface area (Å²) in [5, 5.41) is 3.15. The van der Waals surface area contributed by atoms with E-state index in [1.54, 1.807) is 0 Å². The van der Waals surface area contributed by atoms with Gasteiger partial charge >= 0.3 is 6.03 Å². The van der Waals surface area contributed by atoms with Crippen molar-refractivity contribution < 1.29 is 14.3 Å². The first kappa shape index (κ1) is 24.6. The van der Waals surface area contributed by atoms with Gasteiger partial charge in [-0.25, -0.2) is 4.79 Å². The van der Waals surface area contributed by atoms with E-state index in [2.05, 4.69) is 41.4 Å². The highest BCUT2D eigenvalue weighted by Gasteiger charge is 2.34. The van der Waals surface area contributed by atoms with Crippen molar-refractivity contribution in [1.29, 1.82) is 0 Å². The first-order valence-electron chi connectivity index (χ1n) is 13.5.